The van der Waals surface area contributed by atoms with Crippen LogP contribution in [0.1, 0.15) is 31.4 Å². The van der Waals surface area contributed by atoms with E-state index in [4.69, 9.17) is 4.74 Å². The summed E-state index contributed by atoms with van der Waals surface area (Å²) in [6.45, 7) is 3.82. The smallest absolute Gasteiger partial charge is 0.323 e. The lowest BCUT2D eigenvalue weighted by molar-refractivity contribution is -0.0626. The second-order valence-corrected chi connectivity index (χ2v) is 5.82. The van der Waals surface area contributed by atoms with Crippen LogP contribution in [0.5, 0.6) is 0 Å². The van der Waals surface area contributed by atoms with Gasteiger partial charge in [-0.15, -0.1) is 0 Å². The van der Waals surface area contributed by atoms with Gasteiger partial charge in [-0.05, 0) is 24.6 Å². The van der Waals surface area contributed by atoms with Gasteiger partial charge in [0.15, 0.2) is 0 Å². The second-order valence-electron chi connectivity index (χ2n) is 5.82. The Hall–Kier alpha value is -1.63. The monoisotopic (exact) mass is 291 g/mol. The highest BCUT2D eigenvalue weighted by molar-refractivity contribution is 5.75. The van der Waals surface area contributed by atoms with Gasteiger partial charge in [0.25, 0.3) is 0 Å². The number of rotatable bonds is 4. The first-order valence-corrected chi connectivity index (χ1v) is 7.31. The van der Waals surface area contributed by atoms with Gasteiger partial charge in [-0.25, -0.2) is 4.79 Å². The molecule has 2 aromatic rings. The summed E-state index contributed by atoms with van der Waals surface area (Å²) in [5.74, 6) is 0. The highest BCUT2D eigenvalue weighted by Crippen LogP contribution is 2.22. The predicted molar refractivity (Wildman–Crippen MR) is 80.3 cm³/mol. The van der Waals surface area contributed by atoms with Crippen LogP contribution in [-0.2, 0) is 4.74 Å². The normalized spacial score (nSPS) is 19.7. The van der Waals surface area contributed by atoms with Gasteiger partial charge in [-0.2, -0.15) is 0 Å². The van der Waals surface area contributed by atoms with Crippen molar-refractivity contribution in [3.05, 3.63) is 34.2 Å². The summed E-state index contributed by atoms with van der Waals surface area (Å²) in [6, 6.07) is 5.93. The molecule has 0 saturated carbocycles. The van der Waals surface area contributed by atoms with Crippen molar-refractivity contribution in [3.63, 3.8) is 0 Å². The van der Waals surface area contributed by atoms with Crippen molar-refractivity contribution < 1.29 is 9.84 Å². The molecule has 3 rings (SSSR count). The molecule has 0 aliphatic carbocycles. The fraction of sp³-hybridized carbons (Fsp3) is 0.533. The van der Waals surface area contributed by atoms with Gasteiger partial charge in [0.1, 0.15) is 0 Å². The zero-order valence-corrected chi connectivity index (χ0v) is 12.1. The molecule has 1 fully saturated rings. The lowest BCUT2D eigenvalue weighted by atomic mass is 9.94. The molecule has 2 heterocycles. The Morgan fingerprint density at radius 3 is 2.81 bits per heavy atom. The number of aliphatic hydroxyl groups is 1. The fourth-order valence-corrected chi connectivity index (χ4v) is 2.71. The molecular weight excluding hydrogens is 270 g/mol. The lowest BCUT2D eigenvalue weighted by Gasteiger charge is -2.33. The molecule has 0 amide bonds. The molecule has 0 radical (unpaired) electrons. The number of H-pyrrole nitrogens is 2. The van der Waals surface area contributed by atoms with Crippen LogP contribution in [0.2, 0.25) is 0 Å². The van der Waals surface area contributed by atoms with E-state index in [1.54, 1.807) is 0 Å². The molecule has 4 N–H and O–H groups in total. The molecule has 0 bridgehead atoms. The predicted octanol–water partition coefficient (Wildman–Crippen LogP) is 1.05. The molecule has 21 heavy (non-hydrogen) atoms. The van der Waals surface area contributed by atoms with Crippen molar-refractivity contribution in [1.29, 1.82) is 0 Å². The Labute approximate surface area is 122 Å². The van der Waals surface area contributed by atoms with Gasteiger partial charge < -0.3 is 25.1 Å². The van der Waals surface area contributed by atoms with E-state index in [1.165, 1.54) is 0 Å². The van der Waals surface area contributed by atoms with Crippen LogP contribution >= 0.6 is 0 Å². The first-order valence-electron chi connectivity index (χ1n) is 7.31. The van der Waals surface area contributed by atoms with Crippen molar-refractivity contribution in [3.8, 4) is 0 Å². The molecule has 6 nitrogen and oxygen atoms in total. The van der Waals surface area contributed by atoms with E-state index in [0.29, 0.717) is 32.6 Å². The molecule has 1 aromatic carbocycles. The van der Waals surface area contributed by atoms with E-state index in [1.807, 2.05) is 18.2 Å². The number of aromatic amines is 2. The summed E-state index contributed by atoms with van der Waals surface area (Å²) in [5, 5.41) is 13.8. The van der Waals surface area contributed by atoms with Crippen molar-refractivity contribution in [2.45, 2.75) is 31.4 Å². The van der Waals surface area contributed by atoms with E-state index in [9.17, 15) is 9.90 Å². The molecule has 0 spiro atoms. The summed E-state index contributed by atoms with van der Waals surface area (Å²) >= 11 is 0. The van der Waals surface area contributed by atoms with Crippen LogP contribution in [0.4, 0.5) is 0 Å². The minimum absolute atomic E-state index is 0.0969. The van der Waals surface area contributed by atoms with Crippen LogP contribution in [0, 0.1) is 0 Å². The molecule has 6 heteroatoms. The quantitative estimate of drug-likeness (QED) is 0.678. The Morgan fingerprint density at radius 2 is 2.05 bits per heavy atom. The number of benzene rings is 1. The highest BCUT2D eigenvalue weighted by atomic mass is 16.5. The summed E-state index contributed by atoms with van der Waals surface area (Å²) in [6.07, 6.45) is 1.33. The number of ether oxygens (including phenoxy) is 1. The van der Waals surface area contributed by atoms with Gasteiger partial charge in [0.05, 0.1) is 16.6 Å². The summed E-state index contributed by atoms with van der Waals surface area (Å²) < 4.78 is 5.28. The van der Waals surface area contributed by atoms with Crippen LogP contribution in [0.25, 0.3) is 11.0 Å². The molecule has 1 aliphatic heterocycles. The van der Waals surface area contributed by atoms with Gasteiger partial charge in [-0.3, -0.25) is 0 Å². The zero-order chi connectivity index (χ0) is 14.9. The highest BCUT2D eigenvalue weighted by Gasteiger charge is 2.29. The third-order valence-corrected chi connectivity index (χ3v) is 4.20. The third-order valence-electron chi connectivity index (χ3n) is 4.20. The van der Waals surface area contributed by atoms with Crippen LogP contribution in [0.3, 0.4) is 0 Å². The largest absolute Gasteiger partial charge is 0.388 e. The average Bonchev–Trinajstić information content (AvgIpc) is 2.84. The molecule has 114 valence electrons. The van der Waals surface area contributed by atoms with Gasteiger partial charge >= 0.3 is 5.69 Å². The number of fused-ring (bicyclic) bond motifs is 1. The van der Waals surface area contributed by atoms with Gasteiger partial charge in [-0.1, -0.05) is 6.07 Å². The van der Waals surface area contributed by atoms with Crippen molar-refractivity contribution >= 4 is 11.0 Å². The molecule has 1 saturated heterocycles. The van der Waals surface area contributed by atoms with E-state index >= 15 is 0 Å². The minimum Gasteiger partial charge on any atom is -0.388 e. The summed E-state index contributed by atoms with van der Waals surface area (Å²) in [7, 11) is 0. The summed E-state index contributed by atoms with van der Waals surface area (Å²) in [5.41, 5.74) is 1.81. The fourth-order valence-electron chi connectivity index (χ4n) is 2.71. The van der Waals surface area contributed by atoms with Crippen LogP contribution < -0.4 is 11.0 Å². The minimum atomic E-state index is -0.682. The van der Waals surface area contributed by atoms with Crippen LogP contribution in [0.15, 0.2) is 23.0 Å². The number of hydrogen-bond donors (Lipinski definition) is 4. The number of aromatic nitrogens is 2. The first kappa shape index (κ1) is 14.3. The maximum atomic E-state index is 11.3. The molecular formula is C15H21N3O3. The van der Waals surface area contributed by atoms with E-state index in [0.717, 1.165) is 16.6 Å². The molecule has 1 aromatic heterocycles. The Morgan fingerprint density at radius 1 is 1.33 bits per heavy atom. The number of imidazole rings is 1. The van der Waals surface area contributed by atoms with E-state index in [2.05, 4.69) is 22.2 Å². The zero-order valence-electron chi connectivity index (χ0n) is 12.1. The number of hydrogen-bond acceptors (Lipinski definition) is 4. The topological polar surface area (TPSA) is 90.1 Å². The van der Waals surface area contributed by atoms with Crippen molar-refractivity contribution in [2.24, 2.45) is 0 Å². The molecule has 1 aliphatic rings. The van der Waals surface area contributed by atoms with Gasteiger partial charge in [0.2, 0.25) is 0 Å². The average molecular weight is 291 g/mol. The van der Waals surface area contributed by atoms with E-state index in [-0.39, 0.29) is 11.7 Å². The van der Waals surface area contributed by atoms with E-state index < -0.39 is 5.60 Å². The molecule has 1 unspecified atom stereocenters. The standard InChI is InChI=1S/C15H21N3O3/c1-10(16-9-15(20)4-6-21-7-5-15)11-2-3-12-13(8-11)18-14(19)17-12/h2-3,8,10,16,20H,4-7,9H2,1H3,(H2,17,18,19). The SMILES string of the molecule is CC(NCC1(O)CCOCC1)c1ccc2[nH]c(=O)[nH]c2c1. The Bertz CT molecular complexity index is 670. The Kier molecular flexibility index (Phi) is 3.84. The third kappa shape index (κ3) is 3.18. The first-order chi connectivity index (χ1) is 10.1. The van der Waals surface area contributed by atoms with Crippen molar-refractivity contribution in [2.75, 3.05) is 19.8 Å². The molecule has 1 atom stereocenters. The van der Waals surface area contributed by atoms with Crippen molar-refractivity contribution in [1.82, 2.24) is 15.3 Å². The van der Waals surface area contributed by atoms with Gasteiger partial charge in [0, 0.05) is 38.6 Å². The Balaban J connectivity index is 1.68. The summed E-state index contributed by atoms with van der Waals surface area (Å²) in [4.78, 5) is 16.8. The van der Waals surface area contributed by atoms with Crippen LogP contribution in [-0.4, -0.2) is 40.4 Å². The lowest BCUT2D eigenvalue weighted by Crippen LogP contribution is -2.45. The maximum absolute atomic E-state index is 11.3. The maximum Gasteiger partial charge on any atom is 0.323 e. The second kappa shape index (κ2) is 5.63. The number of nitrogens with one attached hydrogen (secondary N) is 3.